The molecule has 0 rings (SSSR count). The molecule has 6 heteroatoms. The Bertz CT molecular complexity index is 193. The molecule has 0 spiro atoms. The van der Waals surface area contributed by atoms with Crippen molar-refractivity contribution in [2.24, 2.45) is 0 Å². The molecule has 2 amide bonds. The van der Waals surface area contributed by atoms with Gasteiger partial charge in [-0.2, -0.15) is 0 Å². The summed E-state index contributed by atoms with van der Waals surface area (Å²) in [5, 5.41) is 4.61. The summed E-state index contributed by atoms with van der Waals surface area (Å²) in [6.07, 6.45) is 0.559. The molecule has 0 aromatic heterocycles. The number of hydrogen-bond donors (Lipinski definition) is 2. The van der Waals surface area contributed by atoms with Crippen LogP contribution in [0.25, 0.3) is 0 Å². The van der Waals surface area contributed by atoms with Gasteiger partial charge in [0.1, 0.15) is 0 Å². The normalized spacial score (nSPS) is 8.69. The first-order chi connectivity index (χ1) is 6.20. The van der Waals surface area contributed by atoms with Crippen LogP contribution >= 0.6 is 0 Å². The topological polar surface area (TPSA) is 84.5 Å². The van der Waals surface area contributed by atoms with Gasteiger partial charge in [-0.15, -0.1) is 0 Å². The van der Waals surface area contributed by atoms with Crippen LogP contribution in [-0.2, 0) is 19.1 Å². The number of carbonyl (C=O) groups excluding carboxylic acids is 3. The van der Waals surface area contributed by atoms with Gasteiger partial charge in [0.2, 0.25) is 12.3 Å². The fraction of sp³-hybridized carbons (Fsp3) is 0.571. The molecular formula is C7H12N2O4. The highest BCUT2D eigenvalue weighted by Crippen LogP contribution is 1.80. The zero-order chi connectivity index (χ0) is 10.1. The smallest absolute Gasteiger partial charge is 0.307 e. The molecule has 0 aliphatic rings. The molecule has 0 bridgehead atoms. The van der Waals surface area contributed by atoms with Crippen molar-refractivity contribution in [2.45, 2.75) is 6.42 Å². The molecule has 0 aromatic rings. The number of carbonyl (C=O) groups is 3. The number of nitrogens with one attached hydrogen (secondary N) is 2. The van der Waals surface area contributed by atoms with E-state index in [2.05, 4.69) is 15.4 Å². The average Bonchev–Trinajstić information content (AvgIpc) is 2.14. The van der Waals surface area contributed by atoms with Crippen LogP contribution in [0.2, 0.25) is 0 Å². The average molecular weight is 188 g/mol. The number of rotatable bonds is 6. The van der Waals surface area contributed by atoms with Crippen LogP contribution < -0.4 is 10.6 Å². The van der Waals surface area contributed by atoms with E-state index in [0.717, 1.165) is 0 Å². The minimum atomic E-state index is -0.386. The second-order valence-electron chi connectivity index (χ2n) is 2.17. The van der Waals surface area contributed by atoms with Crippen LogP contribution in [0.3, 0.4) is 0 Å². The lowest BCUT2D eigenvalue weighted by Gasteiger charge is -2.02. The third kappa shape index (κ3) is 6.79. The van der Waals surface area contributed by atoms with Gasteiger partial charge in [-0.3, -0.25) is 14.4 Å². The fourth-order valence-electron chi connectivity index (χ4n) is 0.603. The van der Waals surface area contributed by atoms with Crippen LogP contribution in [0.15, 0.2) is 0 Å². The Labute approximate surface area is 75.6 Å². The Hall–Kier alpha value is -1.59. The molecule has 2 N–H and O–H groups in total. The molecule has 0 fully saturated rings. The van der Waals surface area contributed by atoms with Crippen LogP contribution in [0.5, 0.6) is 0 Å². The molecule has 0 aliphatic heterocycles. The molecule has 13 heavy (non-hydrogen) atoms. The summed E-state index contributed by atoms with van der Waals surface area (Å²) < 4.78 is 4.35. The van der Waals surface area contributed by atoms with Crippen LogP contribution in [0, 0.1) is 0 Å². The molecule has 0 heterocycles. The first-order valence-electron chi connectivity index (χ1n) is 3.71. The Morgan fingerprint density at radius 3 is 2.69 bits per heavy atom. The summed E-state index contributed by atoms with van der Waals surface area (Å²) in [4.78, 5) is 31.1. The number of esters is 1. The first kappa shape index (κ1) is 11.4. The molecule has 0 aromatic carbocycles. The van der Waals surface area contributed by atoms with Crippen LogP contribution in [-0.4, -0.2) is 38.5 Å². The Morgan fingerprint density at radius 1 is 1.46 bits per heavy atom. The van der Waals surface area contributed by atoms with Crippen molar-refractivity contribution in [3.05, 3.63) is 0 Å². The van der Waals surface area contributed by atoms with Gasteiger partial charge >= 0.3 is 5.97 Å². The van der Waals surface area contributed by atoms with Crippen molar-refractivity contribution < 1.29 is 19.1 Å². The Balaban J connectivity index is 3.36. The van der Waals surface area contributed by atoms with Gasteiger partial charge in [0.25, 0.3) is 0 Å². The summed E-state index contributed by atoms with van der Waals surface area (Å²) in [6.45, 7) is 0.136. The third-order valence-corrected chi connectivity index (χ3v) is 1.22. The largest absolute Gasteiger partial charge is 0.469 e. The van der Waals surface area contributed by atoms with Crippen molar-refractivity contribution >= 4 is 18.3 Å². The first-order valence-corrected chi connectivity index (χ1v) is 3.71. The van der Waals surface area contributed by atoms with E-state index < -0.39 is 0 Å². The standard InChI is InChI=1S/C7H12N2O4/c1-13-7(12)2-3-9-6(11)4-8-5-10/h5H,2-4H2,1H3,(H,8,10)(H,9,11). The number of amides is 2. The number of methoxy groups -OCH3 is 1. The third-order valence-electron chi connectivity index (χ3n) is 1.22. The van der Waals surface area contributed by atoms with E-state index in [0.29, 0.717) is 6.41 Å². The minimum Gasteiger partial charge on any atom is -0.469 e. The van der Waals surface area contributed by atoms with Gasteiger partial charge in [-0.1, -0.05) is 0 Å². The van der Waals surface area contributed by atoms with Gasteiger partial charge in [0, 0.05) is 6.54 Å². The predicted molar refractivity (Wildman–Crippen MR) is 43.7 cm³/mol. The van der Waals surface area contributed by atoms with Crippen molar-refractivity contribution in [2.75, 3.05) is 20.2 Å². The minimum absolute atomic E-state index is 0.0787. The highest BCUT2D eigenvalue weighted by molar-refractivity contribution is 5.80. The molecule has 0 radical (unpaired) electrons. The number of hydrogen-bond acceptors (Lipinski definition) is 4. The summed E-state index contributed by atoms with van der Waals surface area (Å²) in [6, 6.07) is 0. The maximum Gasteiger partial charge on any atom is 0.307 e. The van der Waals surface area contributed by atoms with Gasteiger partial charge in [-0.05, 0) is 0 Å². The Morgan fingerprint density at radius 2 is 2.15 bits per heavy atom. The van der Waals surface area contributed by atoms with Crippen LogP contribution in [0.4, 0.5) is 0 Å². The van der Waals surface area contributed by atoms with Gasteiger partial charge in [-0.25, -0.2) is 0 Å². The maximum atomic E-state index is 10.8. The monoisotopic (exact) mass is 188 g/mol. The lowest BCUT2D eigenvalue weighted by Crippen LogP contribution is -2.34. The summed E-state index contributed by atoms with van der Waals surface area (Å²) in [7, 11) is 1.28. The lowest BCUT2D eigenvalue weighted by atomic mass is 10.4. The van der Waals surface area contributed by atoms with Crippen LogP contribution in [0.1, 0.15) is 6.42 Å². The van der Waals surface area contributed by atoms with E-state index >= 15 is 0 Å². The van der Waals surface area contributed by atoms with Crippen molar-refractivity contribution in [3.63, 3.8) is 0 Å². The number of ether oxygens (including phenoxy) is 1. The molecule has 6 nitrogen and oxygen atoms in total. The summed E-state index contributed by atoms with van der Waals surface area (Å²) in [5.74, 6) is -0.723. The van der Waals surface area contributed by atoms with Gasteiger partial charge in [0.05, 0.1) is 20.1 Å². The predicted octanol–water partition coefficient (Wildman–Crippen LogP) is -1.59. The second-order valence-corrected chi connectivity index (χ2v) is 2.17. The van der Waals surface area contributed by atoms with E-state index in [1.54, 1.807) is 0 Å². The molecule has 0 saturated carbocycles. The van der Waals surface area contributed by atoms with E-state index in [1.165, 1.54) is 7.11 Å². The summed E-state index contributed by atoms with van der Waals surface area (Å²) >= 11 is 0. The van der Waals surface area contributed by atoms with E-state index in [1.807, 2.05) is 0 Å². The quantitative estimate of drug-likeness (QED) is 0.389. The maximum absolute atomic E-state index is 10.8. The molecule has 0 saturated heterocycles. The molecule has 0 unspecified atom stereocenters. The second kappa shape index (κ2) is 7.08. The van der Waals surface area contributed by atoms with E-state index in [9.17, 15) is 14.4 Å². The van der Waals surface area contributed by atoms with Gasteiger partial charge in [0.15, 0.2) is 0 Å². The highest BCUT2D eigenvalue weighted by Gasteiger charge is 2.02. The Kier molecular flexibility index (Phi) is 6.21. The van der Waals surface area contributed by atoms with Crippen molar-refractivity contribution in [1.29, 1.82) is 0 Å². The molecular weight excluding hydrogens is 176 g/mol. The summed E-state index contributed by atoms with van der Waals surface area (Å²) in [5.41, 5.74) is 0. The lowest BCUT2D eigenvalue weighted by molar-refractivity contribution is -0.140. The zero-order valence-electron chi connectivity index (χ0n) is 7.33. The van der Waals surface area contributed by atoms with E-state index in [-0.39, 0.29) is 31.4 Å². The van der Waals surface area contributed by atoms with Crippen molar-refractivity contribution in [1.82, 2.24) is 10.6 Å². The molecule has 74 valence electrons. The molecule has 0 atom stereocenters. The van der Waals surface area contributed by atoms with Crippen molar-refractivity contribution in [3.8, 4) is 0 Å². The fourth-order valence-corrected chi connectivity index (χ4v) is 0.603. The molecule has 0 aliphatic carbocycles. The SMILES string of the molecule is COC(=O)CCNC(=O)CNC=O. The van der Waals surface area contributed by atoms with E-state index in [4.69, 9.17) is 0 Å². The zero-order valence-corrected chi connectivity index (χ0v) is 7.33. The van der Waals surface area contributed by atoms with Gasteiger partial charge < -0.3 is 15.4 Å². The highest BCUT2D eigenvalue weighted by atomic mass is 16.5.